The second-order valence-corrected chi connectivity index (χ2v) is 7.59. The summed E-state index contributed by atoms with van der Waals surface area (Å²) < 4.78 is 29.2. The Kier molecular flexibility index (Phi) is 4.04. The standard InChI is InChI=1S/C17H12BrNO3S/c1-11-6-8-12(9-7-11)23(21,22)19-16-10-15(18)17(20)14-5-3-2-4-13(14)16/h2-10H,1H3. The molecule has 0 saturated heterocycles. The summed E-state index contributed by atoms with van der Waals surface area (Å²) in [4.78, 5) is 12.2. The fourth-order valence-corrected chi connectivity index (χ4v) is 3.69. The highest BCUT2D eigenvalue weighted by Gasteiger charge is 2.24. The van der Waals surface area contributed by atoms with Gasteiger partial charge in [0.1, 0.15) is 0 Å². The molecule has 3 rings (SSSR count). The van der Waals surface area contributed by atoms with Gasteiger partial charge in [-0.05, 0) is 41.1 Å². The van der Waals surface area contributed by atoms with E-state index < -0.39 is 10.0 Å². The van der Waals surface area contributed by atoms with Crippen molar-refractivity contribution in [3.8, 4) is 0 Å². The summed E-state index contributed by atoms with van der Waals surface area (Å²) in [7, 11) is -3.85. The number of Topliss-reactive ketones (excluding diaryl/α,β-unsaturated/α-hetero) is 1. The SMILES string of the molecule is Cc1ccc(S(=O)(=O)N=C2C=C(Br)C(=O)c3ccccc32)cc1. The fraction of sp³-hybridized carbons (Fsp3) is 0.0588. The molecule has 0 atom stereocenters. The number of carbonyl (C=O) groups excluding carboxylic acids is 1. The van der Waals surface area contributed by atoms with Crippen LogP contribution >= 0.6 is 15.9 Å². The van der Waals surface area contributed by atoms with E-state index in [4.69, 9.17) is 0 Å². The molecule has 0 fully saturated rings. The number of hydrogen-bond acceptors (Lipinski definition) is 3. The molecule has 0 radical (unpaired) electrons. The van der Waals surface area contributed by atoms with Gasteiger partial charge in [-0.15, -0.1) is 0 Å². The first-order valence-corrected chi connectivity index (χ1v) is 9.05. The third kappa shape index (κ3) is 3.04. The molecule has 0 N–H and O–H groups in total. The van der Waals surface area contributed by atoms with Crippen molar-refractivity contribution in [2.45, 2.75) is 11.8 Å². The average Bonchev–Trinajstić information content (AvgIpc) is 2.52. The molecule has 0 amide bonds. The monoisotopic (exact) mass is 389 g/mol. The van der Waals surface area contributed by atoms with Gasteiger partial charge in [0.25, 0.3) is 10.0 Å². The van der Waals surface area contributed by atoms with E-state index in [0.29, 0.717) is 11.1 Å². The summed E-state index contributed by atoms with van der Waals surface area (Å²) in [6.45, 7) is 1.88. The maximum Gasteiger partial charge on any atom is 0.282 e. The molecule has 23 heavy (non-hydrogen) atoms. The number of ketones is 1. The van der Waals surface area contributed by atoms with E-state index in [0.717, 1.165) is 5.56 Å². The first-order valence-electron chi connectivity index (χ1n) is 6.81. The Morgan fingerprint density at radius 3 is 2.22 bits per heavy atom. The molecule has 0 spiro atoms. The van der Waals surface area contributed by atoms with E-state index >= 15 is 0 Å². The van der Waals surface area contributed by atoms with Crippen LogP contribution in [-0.2, 0) is 10.0 Å². The molecule has 1 aliphatic carbocycles. The first kappa shape index (κ1) is 15.8. The zero-order valence-electron chi connectivity index (χ0n) is 12.2. The van der Waals surface area contributed by atoms with Gasteiger partial charge in [0.2, 0.25) is 5.78 Å². The molecular formula is C17H12BrNO3S. The number of aryl methyl sites for hydroxylation is 1. The molecule has 6 heteroatoms. The number of carbonyl (C=O) groups is 1. The smallest absolute Gasteiger partial charge is 0.282 e. The van der Waals surface area contributed by atoms with Crippen LogP contribution in [0.3, 0.4) is 0 Å². The number of rotatable bonds is 2. The number of benzene rings is 2. The lowest BCUT2D eigenvalue weighted by atomic mass is 9.94. The molecule has 1 aliphatic rings. The molecule has 4 nitrogen and oxygen atoms in total. The molecule has 0 saturated carbocycles. The number of sulfonamides is 1. The van der Waals surface area contributed by atoms with E-state index in [1.165, 1.54) is 18.2 Å². The first-order chi connectivity index (χ1) is 10.9. The van der Waals surface area contributed by atoms with Gasteiger partial charge in [-0.1, -0.05) is 42.0 Å². The number of halogens is 1. The fourth-order valence-electron chi connectivity index (χ4n) is 2.26. The Morgan fingerprint density at radius 1 is 0.957 bits per heavy atom. The number of fused-ring (bicyclic) bond motifs is 1. The van der Waals surface area contributed by atoms with Gasteiger partial charge in [0.05, 0.1) is 15.1 Å². The third-order valence-electron chi connectivity index (χ3n) is 3.47. The van der Waals surface area contributed by atoms with Gasteiger partial charge >= 0.3 is 0 Å². The Balaban J connectivity index is 2.15. The van der Waals surface area contributed by atoms with Crippen molar-refractivity contribution in [1.29, 1.82) is 0 Å². The number of nitrogens with zero attached hydrogens (tertiary/aromatic N) is 1. The van der Waals surface area contributed by atoms with Gasteiger partial charge in [-0.25, -0.2) is 0 Å². The maximum absolute atomic E-state index is 12.5. The summed E-state index contributed by atoms with van der Waals surface area (Å²) in [6, 6.07) is 13.3. The predicted molar refractivity (Wildman–Crippen MR) is 92.7 cm³/mol. The second-order valence-electron chi connectivity index (χ2n) is 5.13. The van der Waals surface area contributed by atoms with Gasteiger partial charge in [0, 0.05) is 11.1 Å². The van der Waals surface area contributed by atoms with Crippen molar-refractivity contribution in [3.05, 3.63) is 75.8 Å². The van der Waals surface area contributed by atoms with Crippen molar-refractivity contribution < 1.29 is 13.2 Å². The Hall–Kier alpha value is -2.05. The lowest BCUT2D eigenvalue weighted by molar-refractivity contribution is 0.104. The highest BCUT2D eigenvalue weighted by molar-refractivity contribution is 9.12. The molecule has 0 unspecified atom stereocenters. The highest BCUT2D eigenvalue weighted by Crippen LogP contribution is 2.26. The van der Waals surface area contributed by atoms with E-state index in [1.54, 1.807) is 36.4 Å². The van der Waals surface area contributed by atoms with Crippen LogP contribution < -0.4 is 0 Å². The Morgan fingerprint density at radius 2 is 1.57 bits per heavy atom. The predicted octanol–water partition coefficient (Wildman–Crippen LogP) is 3.65. The highest BCUT2D eigenvalue weighted by atomic mass is 79.9. The summed E-state index contributed by atoms with van der Waals surface area (Å²) in [6.07, 6.45) is 1.44. The van der Waals surface area contributed by atoms with Crippen LogP contribution in [-0.4, -0.2) is 19.9 Å². The van der Waals surface area contributed by atoms with Gasteiger partial charge in [0.15, 0.2) is 0 Å². The van der Waals surface area contributed by atoms with Gasteiger partial charge in [-0.2, -0.15) is 12.8 Å². The van der Waals surface area contributed by atoms with Crippen LogP contribution in [0.1, 0.15) is 21.5 Å². The van der Waals surface area contributed by atoms with Crippen molar-refractivity contribution in [1.82, 2.24) is 0 Å². The minimum absolute atomic E-state index is 0.120. The molecule has 0 bridgehead atoms. The van der Waals surface area contributed by atoms with Crippen molar-refractivity contribution in [2.24, 2.45) is 4.40 Å². The quantitative estimate of drug-likeness (QED) is 0.787. The van der Waals surface area contributed by atoms with E-state index in [9.17, 15) is 13.2 Å². The summed E-state index contributed by atoms with van der Waals surface area (Å²) in [5.74, 6) is -0.188. The van der Waals surface area contributed by atoms with Crippen molar-refractivity contribution >= 4 is 37.4 Å². The number of allylic oxidation sites excluding steroid dienone is 2. The van der Waals surface area contributed by atoms with E-state index in [-0.39, 0.29) is 20.9 Å². The van der Waals surface area contributed by atoms with Crippen LogP contribution in [0, 0.1) is 6.92 Å². The molecule has 2 aromatic rings. The third-order valence-corrected chi connectivity index (χ3v) is 5.36. The second kappa shape index (κ2) is 5.86. The Bertz CT molecular complexity index is 958. The average molecular weight is 390 g/mol. The van der Waals surface area contributed by atoms with Crippen molar-refractivity contribution in [3.63, 3.8) is 0 Å². The molecule has 0 heterocycles. The van der Waals surface area contributed by atoms with Crippen molar-refractivity contribution in [2.75, 3.05) is 0 Å². The van der Waals surface area contributed by atoms with Crippen LogP contribution in [0.5, 0.6) is 0 Å². The number of hydrogen-bond donors (Lipinski definition) is 0. The van der Waals surface area contributed by atoms with E-state index in [1.807, 2.05) is 6.92 Å². The zero-order chi connectivity index (χ0) is 16.6. The van der Waals surface area contributed by atoms with Crippen LogP contribution in [0.4, 0.5) is 0 Å². The largest absolute Gasteiger partial charge is 0.288 e. The normalized spacial score (nSPS) is 16.2. The minimum Gasteiger partial charge on any atom is -0.288 e. The molecule has 0 aliphatic heterocycles. The lowest BCUT2D eigenvalue weighted by Crippen LogP contribution is -2.16. The van der Waals surface area contributed by atoms with Gasteiger partial charge < -0.3 is 0 Å². The topological polar surface area (TPSA) is 63.6 Å². The zero-order valence-corrected chi connectivity index (χ0v) is 14.6. The van der Waals surface area contributed by atoms with Crippen LogP contribution in [0.2, 0.25) is 0 Å². The lowest BCUT2D eigenvalue weighted by Gasteiger charge is -2.14. The van der Waals surface area contributed by atoms with E-state index in [2.05, 4.69) is 20.3 Å². The maximum atomic E-state index is 12.5. The summed E-state index contributed by atoms with van der Waals surface area (Å²) >= 11 is 3.17. The minimum atomic E-state index is -3.85. The molecule has 116 valence electrons. The molecule has 2 aromatic carbocycles. The summed E-state index contributed by atoms with van der Waals surface area (Å²) in [5.41, 5.74) is 2.15. The summed E-state index contributed by atoms with van der Waals surface area (Å²) in [5, 5.41) is 0. The van der Waals surface area contributed by atoms with Gasteiger partial charge in [-0.3, -0.25) is 4.79 Å². The Labute approximate surface area is 142 Å². The molecular weight excluding hydrogens is 378 g/mol. The van der Waals surface area contributed by atoms with Crippen LogP contribution in [0.15, 0.2) is 68.4 Å². The molecule has 0 aromatic heterocycles. The van der Waals surface area contributed by atoms with Crippen LogP contribution in [0.25, 0.3) is 0 Å².